The van der Waals surface area contributed by atoms with Crippen LogP contribution in [0.25, 0.3) is 0 Å². The van der Waals surface area contributed by atoms with Gasteiger partial charge in [-0.15, -0.1) is 0 Å². The van der Waals surface area contributed by atoms with Gasteiger partial charge in [0.2, 0.25) is 5.91 Å². The molecule has 0 rings (SSSR count). The SMILES string of the molecule is CCC(C(=O)N(CC)CC(=O)OC)C(N)=S. The lowest BCUT2D eigenvalue weighted by atomic mass is 10.1. The molecular weight excluding hydrogens is 228 g/mol. The Balaban J connectivity index is 4.62. The van der Waals surface area contributed by atoms with Crippen molar-refractivity contribution in [2.24, 2.45) is 11.7 Å². The zero-order valence-corrected chi connectivity index (χ0v) is 10.7. The summed E-state index contributed by atoms with van der Waals surface area (Å²) in [5.41, 5.74) is 5.47. The zero-order chi connectivity index (χ0) is 12.7. The van der Waals surface area contributed by atoms with Crippen LogP contribution < -0.4 is 5.73 Å². The number of carbonyl (C=O) groups is 2. The van der Waals surface area contributed by atoms with Gasteiger partial charge in [-0.25, -0.2) is 0 Å². The second-order valence-corrected chi connectivity index (χ2v) is 3.76. The van der Waals surface area contributed by atoms with Crippen molar-refractivity contribution in [2.75, 3.05) is 20.2 Å². The van der Waals surface area contributed by atoms with E-state index in [0.717, 1.165) is 0 Å². The smallest absolute Gasteiger partial charge is 0.325 e. The highest BCUT2D eigenvalue weighted by Gasteiger charge is 2.25. The summed E-state index contributed by atoms with van der Waals surface area (Å²) in [6.45, 7) is 3.97. The van der Waals surface area contributed by atoms with E-state index in [1.165, 1.54) is 12.0 Å². The summed E-state index contributed by atoms with van der Waals surface area (Å²) in [5, 5.41) is 0. The summed E-state index contributed by atoms with van der Waals surface area (Å²) in [7, 11) is 1.28. The van der Waals surface area contributed by atoms with Crippen LogP contribution in [0.4, 0.5) is 0 Å². The molecule has 0 aromatic carbocycles. The number of rotatable bonds is 6. The molecule has 0 aliphatic heterocycles. The Kier molecular flexibility index (Phi) is 6.64. The Morgan fingerprint density at radius 1 is 1.44 bits per heavy atom. The first-order valence-corrected chi connectivity index (χ1v) is 5.53. The average molecular weight is 246 g/mol. The number of methoxy groups -OCH3 is 1. The molecule has 0 saturated carbocycles. The van der Waals surface area contributed by atoms with E-state index in [9.17, 15) is 9.59 Å². The van der Waals surface area contributed by atoms with Crippen LogP contribution in [0.5, 0.6) is 0 Å². The molecule has 1 atom stereocenters. The third-order valence-electron chi connectivity index (χ3n) is 2.29. The molecule has 0 aliphatic rings. The van der Waals surface area contributed by atoms with Crippen molar-refractivity contribution in [3.63, 3.8) is 0 Å². The number of carbonyl (C=O) groups excluding carboxylic acids is 2. The predicted octanol–water partition coefficient (Wildman–Crippen LogP) is 0.320. The highest BCUT2D eigenvalue weighted by atomic mass is 32.1. The second kappa shape index (κ2) is 7.16. The molecule has 0 aromatic heterocycles. The molecule has 0 fully saturated rings. The van der Waals surface area contributed by atoms with E-state index in [-0.39, 0.29) is 17.4 Å². The maximum atomic E-state index is 11.9. The monoisotopic (exact) mass is 246 g/mol. The minimum absolute atomic E-state index is 0.0645. The largest absolute Gasteiger partial charge is 0.468 e. The van der Waals surface area contributed by atoms with E-state index in [4.69, 9.17) is 18.0 Å². The van der Waals surface area contributed by atoms with E-state index in [2.05, 4.69) is 4.74 Å². The lowest BCUT2D eigenvalue weighted by Gasteiger charge is -2.23. The van der Waals surface area contributed by atoms with Crippen molar-refractivity contribution in [3.05, 3.63) is 0 Å². The first kappa shape index (κ1) is 14.8. The molecule has 0 spiro atoms. The van der Waals surface area contributed by atoms with Crippen LogP contribution in [-0.4, -0.2) is 42.0 Å². The van der Waals surface area contributed by atoms with Gasteiger partial charge in [-0.05, 0) is 13.3 Å². The molecule has 0 bridgehead atoms. The summed E-state index contributed by atoms with van der Waals surface area (Å²) in [6.07, 6.45) is 0.534. The van der Waals surface area contributed by atoms with Crippen LogP contribution >= 0.6 is 12.2 Å². The van der Waals surface area contributed by atoms with Crippen molar-refractivity contribution in [2.45, 2.75) is 20.3 Å². The van der Waals surface area contributed by atoms with Gasteiger partial charge in [0.1, 0.15) is 6.54 Å². The van der Waals surface area contributed by atoms with Gasteiger partial charge in [-0.1, -0.05) is 19.1 Å². The molecule has 2 N–H and O–H groups in total. The Bertz CT molecular complexity index is 281. The van der Waals surface area contributed by atoms with Gasteiger partial charge >= 0.3 is 5.97 Å². The first-order chi connectivity index (χ1) is 7.47. The number of hydrogen-bond donors (Lipinski definition) is 1. The fraction of sp³-hybridized carbons (Fsp3) is 0.700. The first-order valence-electron chi connectivity index (χ1n) is 5.12. The maximum Gasteiger partial charge on any atom is 0.325 e. The molecule has 0 heterocycles. The van der Waals surface area contributed by atoms with E-state index >= 15 is 0 Å². The van der Waals surface area contributed by atoms with Gasteiger partial charge in [0, 0.05) is 6.54 Å². The van der Waals surface area contributed by atoms with E-state index in [1.54, 1.807) is 6.92 Å². The fourth-order valence-electron chi connectivity index (χ4n) is 1.28. The van der Waals surface area contributed by atoms with Crippen LogP contribution in [0.2, 0.25) is 0 Å². The van der Waals surface area contributed by atoms with Crippen LogP contribution in [0.1, 0.15) is 20.3 Å². The summed E-state index contributed by atoms with van der Waals surface area (Å²) < 4.78 is 4.51. The second-order valence-electron chi connectivity index (χ2n) is 3.29. The number of likely N-dealkylation sites (N-methyl/N-ethyl adjacent to an activating group) is 1. The molecule has 0 aromatic rings. The van der Waals surface area contributed by atoms with Crippen molar-refractivity contribution < 1.29 is 14.3 Å². The van der Waals surface area contributed by atoms with Crippen LogP contribution in [0.15, 0.2) is 0 Å². The number of ether oxygens (including phenoxy) is 1. The molecule has 0 saturated heterocycles. The van der Waals surface area contributed by atoms with Gasteiger partial charge in [0.15, 0.2) is 0 Å². The maximum absolute atomic E-state index is 11.9. The third kappa shape index (κ3) is 4.14. The molecule has 16 heavy (non-hydrogen) atoms. The standard InChI is InChI=1S/C10H18N2O3S/c1-4-7(9(11)16)10(14)12(5-2)6-8(13)15-3/h7H,4-6H2,1-3H3,(H2,11,16). The normalized spacial score (nSPS) is 11.7. The molecule has 6 heteroatoms. The van der Waals surface area contributed by atoms with Gasteiger partial charge in [0.25, 0.3) is 0 Å². The van der Waals surface area contributed by atoms with Crippen LogP contribution in [0, 0.1) is 5.92 Å². The lowest BCUT2D eigenvalue weighted by Crippen LogP contribution is -2.43. The Labute approximate surface area is 101 Å². The Morgan fingerprint density at radius 3 is 2.31 bits per heavy atom. The van der Waals surface area contributed by atoms with Crippen LogP contribution in [0.3, 0.4) is 0 Å². The quantitative estimate of drug-likeness (QED) is 0.540. The molecule has 1 amide bonds. The zero-order valence-electron chi connectivity index (χ0n) is 9.86. The minimum Gasteiger partial charge on any atom is -0.468 e. The summed E-state index contributed by atoms with van der Waals surface area (Å²) in [4.78, 5) is 24.6. The fourth-order valence-corrected chi connectivity index (χ4v) is 1.55. The molecule has 1 unspecified atom stereocenters. The number of hydrogen-bond acceptors (Lipinski definition) is 4. The summed E-state index contributed by atoms with van der Waals surface area (Å²) >= 11 is 4.82. The highest BCUT2D eigenvalue weighted by molar-refractivity contribution is 7.80. The predicted molar refractivity (Wildman–Crippen MR) is 64.8 cm³/mol. The molecule has 5 nitrogen and oxygen atoms in total. The topological polar surface area (TPSA) is 72.6 Å². The average Bonchev–Trinajstić information content (AvgIpc) is 2.25. The lowest BCUT2D eigenvalue weighted by molar-refractivity contribution is -0.147. The highest BCUT2D eigenvalue weighted by Crippen LogP contribution is 2.08. The molecule has 0 radical (unpaired) electrons. The van der Waals surface area contributed by atoms with Gasteiger partial charge in [-0.3, -0.25) is 9.59 Å². The Hall–Kier alpha value is -1.17. The number of amides is 1. The molecule has 0 aliphatic carbocycles. The van der Waals surface area contributed by atoms with Crippen LogP contribution in [-0.2, 0) is 14.3 Å². The number of esters is 1. The van der Waals surface area contributed by atoms with Crippen molar-refractivity contribution in [3.8, 4) is 0 Å². The van der Waals surface area contributed by atoms with Gasteiger partial charge in [-0.2, -0.15) is 0 Å². The molecular formula is C10H18N2O3S. The number of thiocarbonyl (C=S) groups is 1. The van der Waals surface area contributed by atoms with E-state index < -0.39 is 11.9 Å². The van der Waals surface area contributed by atoms with Gasteiger partial charge in [0.05, 0.1) is 18.0 Å². The minimum atomic E-state index is -0.500. The van der Waals surface area contributed by atoms with Gasteiger partial charge < -0.3 is 15.4 Å². The van der Waals surface area contributed by atoms with Crippen molar-refractivity contribution in [1.82, 2.24) is 4.90 Å². The number of nitrogens with two attached hydrogens (primary N) is 1. The van der Waals surface area contributed by atoms with Crippen molar-refractivity contribution in [1.29, 1.82) is 0 Å². The van der Waals surface area contributed by atoms with E-state index in [1.807, 2.05) is 6.92 Å². The Morgan fingerprint density at radius 2 is 2.00 bits per heavy atom. The third-order valence-corrected chi connectivity index (χ3v) is 2.58. The van der Waals surface area contributed by atoms with Crippen molar-refractivity contribution >= 4 is 29.1 Å². The summed E-state index contributed by atoms with van der Waals surface area (Å²) in [5.74, 6) is -1.17. The number of nitrogens with zero attached hydrogens (tertiary/aromatic N) is 1. The molecule has 92 valence electrons. The summed E-state index contributed by atoms with van der Waals surface area (Å²) in [6, 6.07) is 0. The van der Waals surface area contributed by atoms with E-state index in [0.29, 0.717) is 13.0 Å².